The minimum atomic E-state index is -3.75. The highest BCUT2D eigenvalue weighted by atomic mass is 32.2. The van der Waals surface area contributed by atoms with Gasteiger partial charge in [0.15, 0.2) is 0 Å². The van der Waals surface area contributed by atoms with Crippen LogP contribution in [0.2, 0.25) is 0 Å². The predicted octanol–water partition coefficient (Wildman–Crippen LogP) is 7.77. The monoisotopic (exact) mass is 536 g/mol. The number of sulfonamides is 1. The van der Waals surface area contributed by atoms with E-state index in [1.807, 2.05) is 80.6 Å². The van der Waals surface area contributed by atoms with E-state index >= 15 is 0 Å². The fraction of sp³-hybridized carbons (Fsp3) is 0.212. The van der Waals surface area contributed by atoms with Crippen molar-refractivity contribution in [2.75, 3.05) is 10.0 Å². The SMILES string of the molecule is CC(C)Oc1ccc([C@H]2Nc3ccc(S(=O)(=O)Nc4ccc(-c5ccccc5)cc4)cc3[C@H]3C=CC[C@H]32)cc1. The molecule has 0 amide bonds. The zero-order valence-corrected chi connectivity index (χ0v) is 22.9. The van der Waals surface area contributed by atoms with Crippen LogP contribution in [0.15, 0.2) is 114 Å². The lowest BCUT2D eigenvalue weighted by molar-refractivity contribution is 0.242. The molecule has 0 unspecified atom stereocenters. The summed E-state index contributed by atoms with van der Waals surface area (Å²) in [5, 5.41) is 3.70. The molecule has 4 aromatic rings. The van der Waals surface area contributed by atoms with Crippen molar-refractivity contribution in [3.8, 4) is 16.9 Å². The summed E-state index contributed by atoms with van der Waals surface area (Å²) in [6.45, 7) is 4.04. The molecule has 1 aliphatic carbocycles. The van der Waals surface area contributed by atoms with Crippen molar-refractivity contribution in [2.24, 2.45) is 5.92 Å². The minimum Gasteiger partial charge on any atom is -0.491 e. The molecule has 39 heavy (non-hydrogen) atoms. The van der Waals surface area contributed by atoms with Crippen molar-refractivity contribution in [3.63, 3.8) is 0 Å². The van der Waals surface area contributed by atoms with Crippen molar-refractivity contribution in [1.29, 1.82) is 0 Å². The Morgan fingerprint density at radius 1 is 0.872 bits per heavy atom. The first-order valence-corrected chi connectivity index (χ1v) is 14.9. The Labute approximate surface area is 230 Å². The van der Waals surface area contributed by atoms with Gasteiger partial charge in [-0.2, -0.15) is 0 Å². The van der Waals surface area contributed by atoms with Gasteiger partial charge in [-0.05, 0) is 90.9 Å². The van der Waals surface area contributed by atoms with E-state index < -0.39 is 10.0 Å². The molecule has 6 heteroatoms. The lowest BCUT2D eigenvalue weighted by Gasteiger charge is -2.37. The van der Waals surface area contributed by atoms with Crippen molar-refractivity contribution >= 4 is 21.4 Å². The molecule has 6 rings (SSSR count). The van der Waals surface area contributed by atoms with Gasteiger partial charge in [0.05, 0.1) is 17.0 Å². The van der Waals surface area contributed by atoms with Gasteiger partial charge in [-0.1, -0.05) is 66.7 Å². The van der Waals surface area contributed by atoms with Gasteiger partial charge in [-0.25, -0.2) is 8.42 Å². The summed E-state index contributed by atoms with van der Waals surface area (Å²) in [4.78, 5) is 0.267. The van der Waals surface area contributed by atoms with Gasteiger partial charge in [0, 0.05) is 17.3 Å². The second-order valence-corrected chi connectivity index (χ2v) is 12.2. The highest BCUT2D eigenvalue weighted by Crippen LogP contribution is 2.50. The summed E-state index contributed by atoms with van der Waals surface area (Å²) in [5.41, 5.74) is 5.86. The van der Waals surface area contributed by atoms with Gasteiger partial charge in [-0.15, -0.1) is 0 Å². The number of fused-ring (bicyclic) bond motifs is 3. The summed E-state index contributed by atoms with van der Waals surface area (Å²) >= 11 is 0. The maximum atomic E-state index is 13.4. The fourth-order valence-corrected chi connectivity index (χ4v) is 6.76. The Bertz CT molecular complexity index is 1600. The zero-order chi connectivity index (χ0) is 27.0. The van der Waals surface area contributed by atoms with Gasteiger partial charge in [-0.3, -0.25) is 4.72 Å². The predicted molar refractivity (Wildman–Crippen MR) is 158 cm³/mol. The zero-order valence-electron chi connectivity index (χ0n) is 22.0. The molecule has 0 radical (unpaired) electrons. The first kappa shape index (κ1) is 25.3. The molecule has 1 aliphatic heterocycles. The Morgan fingerprint density at radius 2 is 1.59 bits per heavy atom. The highest BCUT2D eigenvalue weighted by molar-refractivity contribution is 7.92. The lowest BCUT2D eigenvalue weighted by atomic mass is 9.77. The molecule has 0 aromatic heterocycles. The van der Waals surface area contributed by atoms with E-state index in [1.54, 1.807) is 18.2 Å². The summed E-state index contributed by atoms with van der Waals surface area (Å²) in [6.07, 6.45) is 5.50. The summed E-state index contributed by atoms with van der Waals surface area (Å²) in [5.74, 6) is 1.33. The summed E-state index contributed by atoms with van der Waals surface area (Å²) in [7, 11) is -3.75. The number of rotatable bonds is 7. The number of allylic oxidation sites excluding steroid dienone is 2. The van der Waals surface area contributed by atoms with Crippen molar-refractivity contribution in [1.82, 2.24) is 0 Å². The van der Waals surface area contributed by atoms with Crippen LogP contribution in [0.25, 0.3) is 11.1 Å². The molecule has 0 saturated carbocycles. The lowest BCUT2D eigenvalue weighted by Crippen LogP contribution is -2.29. The number of ether oxygens (including phenoxy) is 1. The second kappa shape index (κ2) is 10.3. The molecule has 0 fully saturated rings. The van der Waals surface area contributed by atoms with Gasteiger partial charge < -0.3 is 10.1 Å². The van der Waals surface area contributed by atoms with E-state index in [0.717, 1.165) is 34.5 Å². The number of hydrogen-bond acceptors (Lipinski definition) is 4. The molecule has 0 spiro atoms. The van der Waals surface area contributed by atoms with Crippen molar-refractivity contribution < 1.29 is 13.2 Å². The largest absolute Gasteiger partial charge is 0.491 e. The van der Waals surface area contributed by atoms with E-state index in [2.05, 4.69) is 34.3 Å². The molecular formula is C33H32N2O3S. The van der Waals surface area contributed by atoms with Crippen LogP contribution >= 0.6 is 0 Å². The van der Waals surface area contributed by atoms with E-state index in [4.69, 9.17) is 4.74 Å². The van der Waals surface area contributed by atoms with Crippen LogP contribution in [0.3, 0.4) is 0 Å². The average molecular weight is 537 g/mol. The molecule has 2 N–H and O–H groups in total. The van der Waals surface area contributed by atoms with E-state index in [0.29, 0.717) is 11.6 Å². The van der Waals surface area contributed by atoms with E-state index in [-0.39, 0.29) is 23.0 Å². The molecule has 2 aliphatic rings. The summed E-state index contributed by atoms with van der Waals surface area (Å²) < 4.78 is 35.3. The van der Waals surface area contributed by atoms with Crippen molar-refractivity contribution in [2.45, 2.75) is 43.2 Å². The maximum absolute atomic E-state index is 13.4. The van der Waals surface area contributed by atoms with Gasteiger partial charge >= 0.3 is 0 Å². The number of hydrogen-bond donors (Lipinski definition) is 2. The first-order chi connectivity index (χ1) is 18.9. The van der Waals surface area contributed by atoms with E-state index in [9.17, 15) is 8.42 Å². The van der Waals surface area contributed by atoms with Crippen LogP contribution in [0.5, 0.6) is 5.75 Å². The Morgan fingerprint density at radius 3 is 2.31 bits per heavy atom. The Kier molecular flexibility index (Phi) is 6.65. The second-order valence-electron chi connectivity index (χ2n) is 10.5. The molecule has 4 aromatic carbocycles. The van der Waals surface area contributed by atoms with Gasteiger partial charge in [0.2, 0.25) is 0 Å². The topological polar surface area (TPSA) is 67.4 Å². The molecule has 1 heterocycles. The Hall–Kier alpha value is -4.03. The van der Waals surface area contributed by atoms with Gasteiger partial charge in [0.25, 0.3) is 10.0 Å². The summed E-state index contributed by atoms with van der Waals surface area (Å²) in [6, 6.07) is 31.3. The molecule has 3 atom stereocenters. The standard InChI is InChI=1S/C33H32N2O3S/c1-22(2)38-27-17-13-25(14-18-27)33-30-10-6-9-29(30)31-21-28(19-20-32(31)34-33)39(36,37)35-26-15-11-24(12-16-26)23-7-4-3-5-8-23/h3-9,11-22,29-30,33-35H,10H2,1-2H3/t29-,30+,33+/m0/s1. The Balaban J connectivity index is 1.23. The smallest absolute Gasteiger partial charge is 0.261 e. The normalized spacial score (nSPS) is 19.7. The van der Waals surface area contributed by atoms with Crippen LogP contribution in [-0.4, -0.2) is 14.5 Å². The third kappa shape index (κ3) is 5.17. The van der Waals surface area contributed by atoms with Crippen LogP contribution in [0, 0.1) is 5.92 Å². The first-order valence-electron chi connectivity index (χ1n) is 13.4. The molecule has 0 saturated heterocycles. The van der Waals surface area contributed by atoms with Crippen molar-refractivity contribution in [3.05, 3.63) is 120 Å². The third-order valence-electron chi connectivity index (χ3n) is 7.50. The molecular weight excluding hydrogens is 504 g/mol. The van der Waals surface area contributed by atoms with Crippen LogP contribution < -0.4 is 14.8 Å². The van der Waals surface area contributed by atoms with Crippen LogP contribution in [0.1, 0.15) is 43.4 Å². The van der Waals surface area contributed by atoms with Crippen LogP contribution in [0.4, 0.5) is 11.4 Å². The quantitative estimate of drug-likeness (QED) is 0.237. The average Bonchev–Trinajstić information content (AvgIpc) is 3.44. The minimum absolute atomic E-state index is 0.132. The maximum Gasteiger partial charge on any atom is 0.261 e. The molecule has 0 bridgehead atoms. The van der Waals surface area contributed by atoms with E-state index in [1.165, 1.54) is 5.56 Å². The highest BCUT2D eigenvalue weighted by Gasteiger charge is 2.38. The number of anilines is 2. The van der Waals surface area contributed by atoms with Crippen LogP contribution in [-0.2, 0) is 10.0 Å². The third-order valence-corrected chi connectivity index (χ3v) is 8.88. The number of benzene rings is 4. The fourth-order valence-electron chi connectivity index (χ4n) is 5.67. The van der Waals surface area contributed by atoms with Gasteiger partial charge in [0.1, 0.15) is 5.75 Å². The molecule has 5 nitrogen and oxygen atoms in total. The molecule has 198 valence electrons. The number of nitrogens with one attached hydrogen (secondary N) is 2.